The molecular weight excluding hydrogens is 347 g/mol. The van der Waals surface area contributed by atoms with E-state index in [1.165, 1.54) is 12.1 Å². The van der Waals surface area contributed by atoms with Gasteiger partial charge in [0.15, 0.2) is 0 Å². The molecule has 1 amide bonds. The van der Waals surface area contributed by atoms with Gasteiger partial charge in [-0.15, -0.1) is 0 Å². The first-order chi connectivity index (χ1) is 12.8. The SMILES string of the molecule is CCn1c(CNC(C)(C)C(N)=O)nc2ccc(Oc3ccc(F)cc3)cc21. The Morgan fingerprint density at radius 3 is 2.52 bits per heavy atom. The predicted molar refractivity (Wildman–Crippen MR) is 102 cm³/mol. The van der Waals surface area contributed by atoms with E-state index in [1.54, 1.807) is 26.0 Å². The summed E-state index contributed by atoms with van der Waals surface area (Å²) in [5, 5.41) is 3.15. The lowest BCUT2D eigenvalue weighted by molar-refractivity contribution is -0.123. The molecule has 3 rings (SSSR count). The molecule has 0 radical (unpaired) electrons. The second kappa shape index (κ2) is 7.36. The standard InChI is InChI=1S/C20H23FN4O2/c1-4-25-17-11-15(27-14-7-5-13(21)6-8-14)9-10-16(17)24-18(25)12-23-20(2,3)19(22)26/h5-11,23H,4,12H2,1-3H3,(H2,22,26). The van der Waals surface area contributed by atoms with Gasteiger partial charge in [-0.25, -0.2) is 9.37 Å². The van der Waals surface area contributed by atoms with Gasteiger partial charge >= 0.3 is 0 Å². The number of aryl methyl sites for hydroxylation is 1. The molecule has 0 saturated carbocycles. The maximum Gasteiger partial charge on any atom is 0.237 e. The molecule has 0 bridgehead atoms. The van der Waals surface area contributed by atoms with E-state index in [4.69, 9.17) is 10.5 Å². The van der Waals surface area contributed by atoms with Crippen LogP contribution in [0.5, 0.6) is 11.5 Å². The van der Waals surface area contributed by atoms with E-state index in [0.29, 0.717) is 24.6 Å². The number of halogens is 1. The molecule has 3 aromatic rings. The molecule has 1 heterocycles. The van der Waals surface area contributed by atoms with E-state index in [9.17, 15) is 9.18 Å². The molecule has 0 spiro atoms. The molecule has 3 N–H and O–H groups in total. The van der Waals surface area contributed by atoms with Crippen LogP contribution in [0.3, 0.4) is 0 Å². The number of nitrogens with one attached hydrogen (secondary N) is 1. The number of primary amides is 1. The number of carbonyl (C=O) groups is 1. The zero-order chi connectivity index (χ0) is 19.6. The van der Waals surface area contributed by atoms with Gasteiger partial charge in [0, 0.05) is 12.6 Å². The van der Waals surface area contributed by atoms with Gasteiger partial charge in [-0.1, -0.05) is 0 Å². The van der Waals surface area contributed by atoms with Crippen molar-refractivity contribution in [2.24, 2.45) is 5.73 Å². The minimum Gasteiger partial charge on any atom is -0.457 e. The lowest BCUT2D eigenvalue weighted by Gasteiger charge is -2.22. The Morgan fingerprint density at radius 1 is 1.22 bits per heavy atom. The van der Waals surface area contributed by atoms with Crippen LogP contribution in [-0.2, 0) is 17.9 Å². The maximum atomic E-state index is 13.0. The van der Waals surface area contributed by atoms with Crippen LogP contribution in [0.15, 0.2) is 42.5 Å². The second-order valence-corrected chi connectivity index (χ2v) is 6.82. The summed E-state index contributed by atoms with van der Waals surface area (Å²) in [6.07, 6.45) is 0. The summed E-state index contributed by atoms with van der Waals surface area (Å²) in [6.45, 7) is 6.63. The van der Waals surface area contributed by atoms with Crippen molar-refractivity contribution in [2.45, 2.75) is 39.4 Å². The topological polar surface area (TPSA) is 82.2 Å². The van der Waals surface area contributed by atoms with Gasteiger partial charge in [0.25, 0.3) is 0 Å². The van der Waals surface area contributed by atoms with Crippen LogP contribution < -0.4 is 15.8 Å². The minimum atomic E-state index is -0.826. The highest BCUT2D eigenvalue weighted by molar-refractivity contribution is 5.83. The monoisotopic (exact) mass is 370 g/mol. The fourth-order valence-electron chi connectivity index (χ4n) is 2.73. The molecule has 142 valence electrons. The molecule has 2 aromatic carbocycles. The molecule has 27 heavy (non-hydrogen) atoms. The van der Waals surface area contributed by atoms with Gasteiger partial charge < -0.3 is 15.0 Å². The molecule has 0 fully saturated rings. The quantitative estimate of drug-likeness (QED) is 0.668. The number of benzene rings is 2. The average Bonchev–Trinajstić information content (AvgIpc) is 2.98. The molecular formula is C20H23FN4O2. The van der Waals surface area contributed by atoms with Gasteiger partial charge in [-0.3, -0.25) is 10.1 Å². The first-order valence-corrected chi connectivity index (χ1v) is 8.77. The van der Waals surface area contributed by atoms with Gasteiger partial charge in [-0.05, 0) is 57.2 Å². The Kier molecular flexibility index (Phi) is 5.14. The number of carbonyl (C=O) groups excluding carboxylic acids is 1. The van der Waals surface area contributed by atoms with Crippen LogP contribution in [0, 0.1) is 5.82 Å². The van der Waals surface area contributed by atoms with Crippen molar-refractivity contribution in [2.75, 3.05) is 0 Å². The number of hydrogen-bond donors (Lipinski definition) is 2. The normalized spacial score (nSPS) is 11.7. The first kappa shape index (κ1) is 18.8. The minimum absolute atomic E-state index is 0.308. The van der Waals surface area contributed by atoms with E-state index in [-0.39, 0.29) is 5.82 Å². The van der Waals surface area contributed by atoms with E-state index < -0.39 is 11.4 Å². The summed E-state index contributed by atoms with van der Waals surface area (Å²) in [6, 6.07) is 11.5. The van der Waals surface area contributed by atoms with Crippen LogP contribution in [-0.4, -0.2) is 21.0 Å². The Morgan fingerprint density at radius 2 is 1.89 bits per heavy atom. The number of nitrogens with two attached hydrogens (primary N) is 1. The number of imidazole rings is 1. The van der Waals surface area contributed by atoms with Gasteiger partial charge in [0.1, 0.15) is 23.1 Å². The lowest BCUT2D eigenvalue weighted by Crippen LogP contribution is -2.50. The summed E-state index contributed by atoms with van der Waals surface area (Å²) in [5.41, 5.74) is 6.34. The molecule has 0 aliphatic heterocycles. The number of amides is 1. The average molecular weight is 370 g/mol. The van der Waals surface area contributed by atoms with Gasteiger partial charge in [0.2, 0.25) is 5.91 Å². The van der Waals surface area contributed by atoms with E-state index in [0.717, 1.165) is 16.9 Å². The smallest absolute Gasteiger partial charge is 0.237 e. The number of hydrogen-bond acceptors (Lipinski definition) is 4. The Hall–Kier alpha value is -2.93. The zero-order valence-electron chi connectivity index (χ0n) is 15.6. The Balaban J connectivity index is 1.87. The number of aromatic nitrogens is 2. The van der Waals surface area contributed by atoms with Crippen LogP contribution in [0.25, 0.3) is 11.0 Å². The summed E-state index contributed by atoms with van der Waals surface area (Å²) in [4.78, 5) is 16.1. The lowest BCUT2D eigenvalue weighted by atomic mass is 10.1. The van der Waals surface area contributed by atoms with Gasteiger partial charge in [0.05, 0.1) is 23.1 Å². The molecule has 1 aromatic heterocycles. The molecule has 0 unspecified atom stereocenters. The zero-order valence-corrected chi connectivity index (χ0v) is 15.6. The summed E-state index contributed by atoms with van der Waals surface area (Å²) >= 11 is 0. The summed E-state index contributed by atoms with van der Waals surface area (Å²) in [7, 11) is 0. The molecule has 0 aliphatic carbocycles. The number of nitrogens with zero attached hydrogens (tertiary/aromatic N) is 2. The Labute approximate surface area is 157 Å². The summed E-state index contributed by atoms with van der Waals surface area (Å²) in [5.74, 6) is 1.28. The van der Waals surface area contributed by atoms with Crippen molar-refractivity contribution in [1.82, 2.24) is 14.9 Å². The highest BCUT2D eigenvalue weighted by Gasteiger charge is 2.24. The highest BCUT2D eigenvalue weighted by atomic mass is 19.1. The Bertz CT molecular complexity index is 964. The highest BCUT2D eigenvalue weighted by Crippen LogP contribution is 2.26. The third kappa shape index (κ3) is 4.09. The van der Waals surface area contributed by atoms with E-state index in [1.807, 2.05) is 25.1 Å². The van der Waals surface area contributed by atoms with E-state index in [2.05, 4.69) is 14.9 Å². The number of rotatable bonds is 7. The van der Waals surface area contributed by atoms with Crippen molar-refractivity contribution in [3.05, 3.63) is 54.1 Å². The first-order valence-electron chi connectivity index (χ1n) is 8.77. The van der Waals surface area contributed by atoms with E-state index >= 15 is 0 Å². The molecule has 0 aliphatic rings. The van der Waals surface area contributed by atoms with Crippen LogP contribution in [0.4, 0.5) is 4.39 Å². The van der Waals surface area contributed by atoms with Crippen molar-refractivity contribution < 1.29 is 13.9 Å². The fourth-order valence-corrected chi connectivity index (χ4v) is 2.73. The molecule has 0 saturated heterocycles. The van der Waals surface area contributed by atoms with Crippen LogP contribution >= 0.6 is 0 Å². The third-order valence-corrected chi connectivity index (χ3v) is 4.47. The van der Waals surface area contributed by atoms with Crippen LogP contribution in [0.2, 0.25) is 0 Å². The van der Waals surface area contributed by atoms with Crippen molar-refractivity contribution in [3.8, 4) is 11.5 Å². The van der Waals surface area contributed by atoms with Crippen molar-refractivity contribution >= 4 is 16.9 Å². The van der Waals surface area contributed by atoms with Crippen LogP contribution in [0.1, 0.15) is 26.6 Å². The predicted octanol–water partition coefficient (Wildman–Crippen LogP) is 3.34. The number of fused-ring (bicyclic) bond motifs is 1. The van der Waals surface area contributed by atoms with Crippen molar-refractivity contribution in [3.63, 3.8) is 0 Å². The molecule has 0 atom stereocenters. The third-order valence-electron chi connectivity index (χ3n) is 4.47. The second-order valence-electron chi connectivity index (χ2n) is 6.82. The largest absolute Gasteiger partial charge is 0.457 e. The molecule has 6 nitrogen and oxygen atoms in total. The number of ether oxygens (including phenoxy) is 1. The van der Waals surface area contributed by atoms with Gasteiger partial charge in [-0.2, -0.15) is 0 Å². The maximum absolute atomic E-state index is 13.0. The summed E-state index contributed by atoms with van der Waals surface area (Å²) < 4.78 is 20.9. The van der Waals surface area contributed by atoms with Crippen molar-refractivity contribution in [1.29, 1.82) is 0 Å². The fraction of sp³-hybridized carbons (Fsp3) is 0.300. The molecule has 7 heteroatoms.